The molecular weight excluding hydrogens is 374 g/mol. The van der Waals surface area contributed by atoms with Gasteiger partial charge in [0.25, 0.3) is 5.91 Å². The van der Waals surface area contributed by atoms with Crippen LogP contribution in [0.25, 0.3) is 0 Å². The third-order valence-electron chi connectivity index (χ3n) is 5.21. The summed E-state index contributed by atoms with van der Waals surface area (Å²) in [5.74, 6) is -2.47. The van der Waals surface area contributed by atoms with Crippen LogP contribution in [-0.4, -0.2) is 65.0 Å². The van der Waals surface area contributed by atoms with Crippen molar-refractivity contribution < 1.29 is 33.0 Å². The molecule has 0 saturated carbocycles. The van der Waals surface area contributed by atoms with E-state index in [9.17, 15) is 28.3 Å². The quantitative estimate of drug-likeness (QED) is 0.825. The van der Waals surface area contributed by atoms with Crippen LogP contribution in [0, 0.1) is 5.92 Å². The van der Waals surface area contributed by atoms with Gasteiger partial charge < -0.3 is 19.6 Å². The molecule has 0 radical (unpaired) electrons. The van der Waals surface area contributed by atoms with Crippen LogP contribution < -0.4 is 4.74 Å². The van der Waals surface area contributed by atoms with E-state index in [2.05, 4.69) is 4.74 Å². The van der Waals surface area contributed by atoms with Gasteiger partial charge in [-0.3, -0.25) is 9.59 Å². The molecule has 0 spiro atoms. The standard InChI is InChI=1S/C19H22F2N2O5/c20-19(21)28-15-8-2-1-6-13(15)17(25)22-9-3-5-12(11-22)16(24)23-10-4-7-14(23)18(26)27/h1-2,6,8,12,14,19H,3-5,7,9-11H2,(H,26,27)/t12?,14-/m0/s1. The number of benzene rings is 1. The Morgan fingerprint density at radius 2 is 1.82 bits per heavy atom. The molecule has 2 atom stereocenters. The number of aliphatic carboxylic acids is 1. The SMILES string of the molecule is O=C(O)[C@@H]1CCCN1C(=O)C1CCCN(C(=O)c2ccccc2OC(F)F)C1. The lowest BCUT2D eigenvalue weighted by Gasteiger charge is -2.35. The van der Waals surface area contributed by atoms with E-state index in [0.29, 0.717) is 38.8 Å². The maximum absolute atomic E-state index is 12.8. The number of para-hydroxylation sites is 1. The predicted octanol–water partition coefficient (Wildman–Crippen LogP) is 2.22. The van der Waals surface area contributed by atoms with Gasteiger partial charge in [-0.05, 0) is 37.8 Å². The number of carboxylic acids is 1. The lowest BCUT2D eigenvalue weighted by Crippen LogP contribution is -2.49. The Morgan fingerprint density at radius 1 is 1.11 bits per heavy atom. The number of hydrogen-bond acceptors (Lipinski definition) is 4. The lowest BCUT2D eigenvalue weighted by atomic mass is 9.95. The fourth-order valence-electron chi connectivity index (χ4n) is 3.90. The van der Waals surface area contributed by atoms with E-state index in [1.54, 1.807) is 6.07 Å². The zero-order valence-corrected chi connectivity index (χ0v) is 15.2. The first-order valence-electron chi connectivity index (χ1n) is 9.25. The number of rotatable bonds is 5. The normalized spacial score (nSPS) is 22.4. The van der Waals surface area contributed by atoms with Gasteiger partial charge in [-0.2, -0.15) is 8.78 Å². The van der Waals surface area contributed by atoms with Crippen LogP contribution >= 0.6 is 0 Å². The van der Waals surface area contributed by atoms with Crippen LogP contribution in [-0.2, 0) is 9.59 Å². The molecular formula is C19H22F2N2O5. The molecule has 28 heavy (non-hydrogen) atoms. The Bertz CT molecular complexity index is 758. The van der Waals surface area contributed by atoms with Crippen LogP contribution in [0.15, 0.2) is 24.3 Å². The first kappa shape index (κ1) is 20.0. The molecule has 0 bridgehead atoms. The molecule has 2 saturated heterocycles. The van der Waals surface area contributed by atoms with Crippen molar-refractivity contribution in [3.8, 4) is 5.75 Å². The van der Waals surface area contributed by atoms with Crippen LogP contribution in [0.1, 0.15) is 36.0 Å². The van der Waals surface area contributed by atoms with E-state index >= 15 is 0 Å². The van der Waals surface area contributed by atoms with Crippen molar-refractivity contribution in [2.45, 2.75) is 38.3 Å². The summed E-state index contributed by atoms with van der Waals surface area (Å²) < 4.78 is 29.6. The van der Waals surface area contributed by atoms with Crippen LogP contribution in [0.3, 0.4) is 0 Å². The molecule has 9 heteroatoms. The largest absolute Gasteiger partial charge is 0.480 e. The van der Waals surface area contributed by atoms with Crippen LogP contribution in [0.5, 0.6) is 5.75 Å². The van der Waals surface area contributed by atoms with Gasteiger partial charge in [0.2, 0.25) is 5.91 Å². The van der Waals surface area contributed by atoms with E-state index in [-0.39, 0.29) is 23.8 Å². The maximum atomic E-state index is 12.8. The number of halogens is 2. The average molecular weight is 396 g/mol. The third-order valence-corrected chi connectivity index (χ3v) is 5.21. The number of ether oxygens (including phenoxy) is 1. The molecule has 2 heterocycles. The molecule has 2 aliphatic rings. The minimum absolute atomic E-state index is 0.0143. The van der Waals surface area contributed by atoms with Crippen LogP contribution in [0.4, 0.5) is 8.78 Å². The number of alkyl halides is 2. The second-order valence-electron chi connectivity index (χ2n) is 6.99. The number of likely N-dealkylation sites (tertiary alicyclic amines) is 2. The molecule has 3 rings (SSSR count). The molecule has 1 unspecified atom stereocenters. The van der Waals surface area contributed by atoms with Gasteiger partial charge >= 0.3 is 12.6 Å². The monoisotopic (exact) mass is 396 g/mol. The Kier molecular flexibility index (Phi) is 6.11. The zero-order valence-electron chi connectivity index (χ0n) is 15.2. The number of carboxylic acid groups (broad SMARTS) is 1. The Hall–Kier alpha value is -2.71. The highest BCUT2D eigenvalue weighted by atomic mass is 19.3. The van der Waals surface area contributed by atoms with Gasteiger partial charge in [-0.1, -0.05) is 12.1 Å². The van der Waals surface area contributed by atoms with Crippen molar-refractivity contribution in [2.24, 2.45) is 5.92 Å². The molecule has 2 amide bonds. The molecule has 0 aromatic heterocycles. The molecule has 7 nitrogen and oxygen atoms in total. The van der Waals surface area contributed by atoms with E-state index in [1.165, 1.54) is 28.0 Å². The number of nitrogens with zero attached hydrogens (tertiary/aromatic N) is 2. The number of carbonyl (C=O) groups excluding carboxylic acids is 2. The van der Waals surface area contributed by atoms with Gasteiger partial charge in [-0.25, -0.2) is 4.79 Å². The summed E-state index contributed by atoms with van der Waals surface area (Å²) in [6.45, 7) is -2.13. The van der Waals surface area contributed by atoms with Crippen molar-refractivity contribution in [3.63, 3.8) is 0 Å². The van der Waals surface area contributed by atoms with Crippen molar-refractivity contribution in [1.29, 1.82) is 0 Å². The topological polar surface area (TPSA) is 87.2 Å². The van der Waals surface area contributed by atoms with Gasteiger partial charge in [0.15, 0.2) is 0 Å². The van der Waals surface area contributed by atoms with E-state index in [1.807, 2.05) is 0 Å². The Morgan fingerprint density at radius 3 is 2.54 bits per heavy atom. The molecule has 2 fully saturated rings. The number of amides is 2. The molecule has 0 aliphatic carbocycles. The number of hydrogen-bond donors (Lipinski definition) is 1. The fourth-order valence-corrected chi connectivity index (χ4v) is 3.90. The summed E-state index contributed by atoms with van der Waals surface area (Å²) in [5.41, 5.74) is 0.0143. The van der Waals surface area contributed by atoms with Crippen molar-refractivity contribution in [2.75, 3.05) is 19.6 Å². The first-order valence-corrected chi connectivity index (χ1v) is 9.25. The Balaban J connectivity index is 1.72. The van der Waals surface area contributed by atoms with Gasteiger partial charge in [-0.15, -0.1) is 0 Å². The first-order chi connectivity index (χ1) is 13.4. The second-order valence-corrected chi connectivity index (χ2v) is 6.99. The highest BCUT2D eigenvalue weighted by Gasteiger charge is 2.39. The number of piperidine rings is 1. The van der Waals surface area contributed by atoms with E-state index in [0.717, 1.165) is 0 Å². The molecule has 1 N–H and O–H groups in total. The summed E-state index contributed by atoms with van der Waals surface area (Å²) in [6.07, 6.45) is 2.19. The average Bonchev–Trinajstić information content (AvgIpc) is 3.17. The highest BCUT2D eigenvalue weighted by Crippen LogP contribution is 2.28. The number of carbonyl (C=O) groups is 3. The maximum Gasteiger partial charge on any atom is 0.387 e. The van der Waals surface area contributed by atoms with E-state index < -0.39 is 30.4 Å². The fraction of sp³-hybridized carbons (Fsp3) is 0.526. The highest BCUT2D eigenvalue weighted by molar-refractivity contribution is 5.97. The van der Waals surface area contributed by atoms with Crippen LogP contribution in [0.2, 0.25) is 0 Å². The van der Waals surface area contributed by atoms with Crippen molar-refractivity contribution in [3.05, 3.63) is 29.8 Å². The molecule has 2 aliphatic heterocycles. The molecule has 1 aromatic carbocycles. The van der Waals surface area contributed by atoms with Gasteiger partial charge in [0.05, 0.1) is 11.5 Å². The molecule has 152 valence electrons. The minimum atomic E-state index is -3.05. The zero-order chi connectivity index (χ0) is 20.3. The van der Waals surface area contributed by atoms with E-state index in [4.69, 9.17) is 0 Å². The summed E-state index contributed by atoms with van der Waals surface area (Å²) in [7, 11) is 0. The third kappa shape index (κ3) is 4.23. The summed E-state index contributed by atoms with van der Waals surface area (Å²) in [4.78, 5) is 39.9. The van der Waals surface area contributed by atoms with Gasteiger partial charge in [0.1, 0.15) is 11.8 Å². The summed E-state index contributed by atoms with van der Waals surface area (Å²) in [5, 5.41) is 9.29. The van der Waals surface area contributed by atoms with Gasteiger partial charge in [0, 0.05) is 19.6 Å². The minimum Gasteiger partial charge on any atom is -0.480 e. The summed E-state index contributed by atoms with van der Waals surface area (Å²) >= 11 is 0. The van der Waals surface area contributed by atoms with Crippen molar-refractivity contribution in [1.82, 2.24) is 9.80 Å². The van der Waals surface area contributed by atoms with Crippen molar-refractivity contribution >= 4 is 17.8 Å². The predicted molar refractivity (Wildman–Crippen MR) is 94.1 cm³/mol. The lowest BCUT2D eigenvalue weighted by molar-refractivity contribution is -0.150. The Labute approximate surface area is 160 Å². The molecule has 1 aromatic rings. The smallest absolute Gasteiger partial charge is 0.387 e. The second kappa shape index (κ2) is 8.53. The summed E-state index contributed by atoms with van der Waals surface area (Å²) in [6, 6.07) is 4.94.